The highest BCUT2D eigenvalue weighted by molar-refractivity contribution is 9.10. The van der Waals surface area contributed by atoms with Gasteiger partial charge in [0, 0.05) is 13.1 Å². The van der Waals surface area contributed by atoms with Crippen LogP contribution in [0.3, 0.4) is 0 Å². The first-order chi connectivity index (χ1) is 7.71. The first-order valence-electron chi connectivity index (χ1n) is 4.60. The van der Waals surface area contributed by atoms with Crippen molar-refractivity contribution in [1.29, 1.82) is 0 Å². The minimum Gasteiger partial charge on any atom is -0.495 e. The number of methoxy groups -OCH3 is 2. The second-order valence-corrected chi connectivity index (χ2v) is 4.83. The summed E-state index contributed by atoms with van der Waals surface area (Å²) in [5.74, 6) is 1.46. The molecule has 0 amide bonds. The fraction of sp³-hybridized carbons (Fsp3) is 0.300. The summed E-state index contributed by atoms with van der Waals surface area (Å²) in [5, 5.41) is 3.87. The van der Waals surface area contributed by atoms with E-state index in [1.54, 1.807) is 25.6 Å². The predicted octanol–water partition coefficient (Wildman–Crippen LogP) is 3.12. The number of halogens is 1. The molecule has 0 aliphatic carbocycles. The van der Waals surface area contributed by atoms with Gasteiger partial charge >= 0.3 is 0 Å². The highest BCUT2D eigenvalue weighted by Gasteiger charge is 2.15. The average Bonchev–Trinajstić information content (AvgIpc) is 2.74. The molecule has 1 N–H and O–H groups in total. The van der Waals surface area contributed by atoms with Crippen molar-refractivity contribution in [2.24, 2.45) is 0 Å². The number of rotatable bonds is 3. The Hall–Kier alpha value is -1.01. The summed E-state index contributed by atoms with van der Waals surface area (Å²) in [6.07, 6.45) is 0. The molecule has 0 unspecified atom stereocenters. The SMILES string of the molecule is CNc1nc2c(OC)cc(OC)c(Br)c2s1. The average molecular weight is 303 g/mol. The van der Waals surface area contributed by atoms with Crippen molar-refractivity contribution in [3.63, 3.8) is 0 Å². The smallest absolute Gasteiger partial charge is 0.183 e. The molecule has 6 heteroatoms. The van der Waals surface area contributed by atoms with Crippen LogP contribution in [0.25, 0.3) is 10.2 Å². The van der Waals surface area contributed by atoms with Gasteiger partial charge in [0.05, 0.1) is 23.4 Å². The van der Waals surface area contributed by atoms with Crippen LogP contribution in [0.4, 0.5) is 5.13 Å². The molecule has 0 atom stereocenters. The number of benzene rings is 1. The van der Waals surface area contributed by atoms with E-state index in [2.05, 4.69) is 26.2 Å². The fourth-order valence-electron chi connectivity index (χ4n) is 1.41. The number of hydrogen-bond acceptors (Lipinski definition) is 5. The predicted molar refractivity (Wildman–Crippen MR) is 70.0 cm³/mol. The molecular formula is C10H11BrN2O2S. The topological polar surface area (TPSA) is 43.4 Å². The Bertz CT molecular complexity index is 527. The maximum Gasteiger partial charge on any atom is 0.183 e. The van der Waals surface area contributed by atoms with Crippen molar-refractivity contribution in [1.82, 2.24) is 4.98 Å². The lowest BCUT2D eigenvalue weighted by Crippen LogP contribution is -1.90. The Balaban J connectivity index is 2.77. The fourth-order valence-corrected chi connectivity index (χ4v) is 2.98. The summed E-state index contributed by atoms with van der Waals surface area (Å²) >= 11 is 5.06. The summed E-state index contributed by atoms with van der Waals surface area (Å²) < 4.78 is 12.5. The van der Waals surface area contributed by atoms with Gasteiger partial charge in [0.25, 0.3) is 0 Å². The molecule has 1 heterocycles. The number of fused-ring (bicyclic) bond motifs is 1. The molecule has 1 aromatic heterocycles. The zero-order valence-electron chi connectivity index (χ0n) is 9.13. The Labute approximate surface area is 106 Å². The van der Waals surface area contributed by atoms with E-state index in [1.807, 2.05) is 13.1 Å². The molecule has 0 spiro atoms. The van der Waals surface area contributed by atoms with Crippen molar-refractivity contribution >= 4 is 42.6 Å². The van der Waals surface area contributed by atoms with Crippen LogP contribution in [0.2, 0.25) is 0 Å². The van der Waals surface area contributed by atoms with E-state index in [4.69, 9.17) is 9.47 Å². The number of aromatic nitrogens is 1. The van der Waals surface area contributed by atoms with Crippen molar-refractivity contribution in [2.45, 2.75) is 0 Å². The maximum atomic E-state index is 5.30. The minimum absolute atomic E-state index is 0.716. The molecule has 4 nitrogen and oxygen atoms in total. The Morgan fingerprint density at radius 1 is 1.31 bits per heavy atom. The first kappa shape index (κ1) is 11.5. The van der Waals surface area contributed by atoms with Gasteiger partial charge in [-0.15, -0.1) is 0 Å². The van der Waals surface area contributed by atoms with E-state index >= 15 is 0 Å². The third kappa shape index (κ3) is 1.72. The first-order valence-corrected chi connectivity index (χ1v) is 6.21. The lowest BCUT2D eigenvalue weighted by Gasteiger charge is -2.07. The molecular weight excluding hydrogens is 292 g/mol. The highest BCUT2D eigenvalue weighted by Crippen LogP contribution is 2.43. The van der Waals surface area contributed by atoms with Crippen LogP contribution in [0.5, 0.6) is 11.5 Å². The van der Waals surface area contributed by atoms with E-state index < -0.39 is 0 Å². The second kappa shape index (κ2) is 4.47. The number of nitrogens with zero attached hydrogens (tertiary/aromatic N) is 1. The third-order valence-corrected chi connectivity index (χ3v) is 4.33. The summed E-state index contributed by atoms with van der Waals surface area (Å²) in [7, 11) is 5.10. The molecule has 0 saturated carbocycles. The molecule has 2 rings (SSSR count). The van der Waals surface area contributed by atoms with Crippen LogP contribution >= 0.6 is 27.3 Å². The molecule has 2 aromatic rings. The molecule has 0 aliphatic heterocycles. The van der Waals surface area contributed by atoms with Crippen LogP contribution in [0.1, 0.15) is 0 Å². The number of hydrogen-bond donors (Lipinski definition) is 1. The molecule has 0 fully saturated rings. The lowest BCUT2D eigenvalue weighted by molar-refractivity contribution is 0.396. The van der Waals surface area contributed by atoms with Gasteiger partial charge in [-0.05, 0) is 15.9 Å². The number of anilines is 1. The lowest BCUT2D eigenvalue weighted by atomic mass is 10.3. The Kier molecular flexibility index (Phi) is 3.20. The van der Waals surface area contributed by atoms with Gasteiger partial charge in [-0.3, -0.25) is 0 Å². The van der Waals surface area contributed by atoms with Crippen LogP contribution in [-0.4, -0.2) is 26.3 Å². The standard InChI is InChI=1S/C10H11BrN2O2S/c1-12-10-13-8-6(15-3)4-5(14-2)7(11)9(8)16-10/h4H,1-3H3,(H,12,13). The molecule has 1 aromatic carbocycles. The van der Waals surface area contributed by atoms with Crippen molar-refractivity contribution in [3.05, 3.63) is 10.5 Å². The summed E-state index contributed by atoms with van der Waals surface area (Å²) in [6.45, 7) is 0. The Morgan fingerprint density at radius 2 is 2.00 bits per heavy atom. The molecule has 0 radical (unpaired) electrons. The van der Waals surface area contributed by atoms with Crippen molar-refractivity contribution in [2.75, 3.05) is 26.6 Å². The van der Waals surface area contributed by atoms with E-state index in [-0.39, 0.29) is 0 Å². The van der Waals surface area contributed by atoms with Gasteiger partial charge in [0.1, 0.15) is 17.0 Å². The monoisotopic (exact) mass is 302 g/mol. The van der Waals surface area contributed by atoms with Crippen LogP contribution in [-0.2, 0) is 0 Å². The summed E-state index contributed by atoms with van der Waals surface area (Å²) in [4.78, 5) is 4.44. The van der Waals surface area contributed by atoms with Crippen LogP contribution in [0.15, 0.2) is 10.5 Å². The van der Waals surface area contributed by atoms with Crippen LogP contribution in [0, 0.1) is 0 Å². The molecule has 86 valence electrons. The maximum absolute atomic E-state index is 5.30. The second-order valence-electron chi connectivity index (χ2n) is 3.04. The number of thiazole rings is 1. The number of ether oxygens (including phenoxy) is 2. The normalized spacial score (nSPS) is 10.5. The quantitative estimate of drug-likeness (QED) is 0.946. The van der Waals surface area contributed by atoms with Crippen molar-refractivity contribution in [3.8, 4) is 11.5 Å². The molecule has 0 bridgehead atoms. The summed E-state index contributed by atoms with van der Waals surface area (Å²) in [5.41, 5.74) is 0.838. The molecule has 0 saturated heterocycles. The van der Waals surface area contributed by atoms with E-state index in [9.17, 15) is 0 Å². The minimum atomic E-state index is 0.716. The zero-order chi connectivity index (χ0) is 11.7. The third-order valence-electron chi connectivity index (χ3n) is 2.19. The summed E-state index contributed by atoms with van der Waals surface area (Å²) in [6, 6.07) is 1.82. The van der Waals surface area contributed by atoms with E-state index in [0.29, 0.717) is 5.75 Å². The molecule has 16 heavy (non-hydrogen) atoms. The van der Waals surface area contributed by atoms with Gasteiger partial charge in [0.2, 0.25) is 0 Å². The Morgan fingerprint density at radius 3 is 2.56 bits per heavy atom. The highest BCUT2D eigenvalue weighted by atomic mass is 79.9. The molecule has 0 aliphatic rings. The van der Waals surface area contributed by atoms with Crippen molar-refractivity contribution < 1.29 is 9.47 Å². The number of nitrogens with one attached hydrogen (secondary N) is 1. The van der Waals surface area contributed by atoms with Gasteiger partial charge in [-0.25, -0.2) is 4.98 Å². The van der Waals surface area contributed by atoms with Gasteiger partial charge in [-0.2, -0.15) is 0 Å². The van der Waals surface area contributed by atoms with Gasteiger partial charge in [0.15, 0.2) is 5.13 Å². The van der Waals surface area contributed by atoms with E-state index in [1.165, 1.54) is 0 Å². The van der Waals surface area contributed by atoms with Gasteiger partial charge in [-0.1, -0.05) is 11.3 Å². The largest absolute Gasteiger partial charge is 0.495 e. The zero-order valence-corrected chi connectivity index (χ0v) is 11.5. The van der Waals surface area contributed by atoms with E-state index in [0.717, 1.165) is 25.6 Å². The van der Waals surface area contributed by atoms with Crippen LogP contribution < -0.4 is 14.8 Å². The van der Waals surface area contributed by atoms with Gasteiger partial charge < -0.3 is 14.8 Å².